The van der Waals surface area contributed by atoms with E-state index < -0.39 is 66.0 Å². The number of halogens is 7. The number of nitrogens with zero attached hydrogens (tertiary/aromatic N) is 2. The average Bonchev–Trinajstić information content (AvgIpc) is 2.75. The van der Waals surface area contributed by atoms with E-state index in [9.17, 15) is 35.5 Å². The summed E-state index contributed by atoms with van der Waals surface area (Å²) in [6, 6.07) is 5.33. The smallest absolute Gasteiger partial charge is 0.424 e. The fourth-order valence-electron chi connectivity index (χ4n) is 3.23. The van der Waals surface area contributed by atoms with E-state index in [1.165, 1.54) is 13.0 Å². The molecule has 0 aliphatic carbocycles. The van der Waals surface area contributed by atoms with Crippen molar-refractivity contribution in [2.75, 3.05) is 24.3 Å². The number of alkyl halides is 6. The molecule has 0 radical (unpaired) electrons. The Morgan fingerprint density at radius 2 is 1.81 bits per heavy atom. The number of amides is 1. The summed E-state index contributed by atoms with van der Waals surface area (Å²) in [5.41, 5.74) is 6.26. The summed E-state index contributed by atoms with van der Waals surface area (Å²) in [5, 5.41) is 2.40. The molecule has 0 spiro atoms. The van der Waals surface area contributed by atoms with Gasteiger partial charge >= 0.3 is 12.4 Å². The van der Waals surface area contributed by atoms with Gasteiger partial charge in [-0.2, -0.15) is 31.3 Å². The topological polar surface area (TPSA) is 125 Å². The summed E-state index contributed by atoms with van der Waals surface area (Å²) in [7, 11) is 0. The van der Waals surface area contributed by atoms with Crippen LogP contribution in [-0.2, 0) is 10.3 Å². The fraction of sp³-hybridized carbons (Fsp3) is 0.381. The van der Waals surface area contributed by atoms with Crippen LogP contribution in [0.3, 0.4) is 0 Å². The number of carbonyl (C=O) groups excluding carboxylic acids is 1. The molecule has 2 aromatic rings. The Morgan fingerprint density at radius 3 is 2.36 bits per heavy atom. The molecule has 1 aromatic carbocycles. The number of nitrogens with one attached hydrogen (secondary N) is 1. The van der Waals surface area contributed by atoms with Crippen LogP contribution in [0.15, 0.2) is 35.3 Å². The van der Waals surface area contributed by atoms with Crippen LogP contribution in [0.2, 0.25) is 0 Å². The van der Waals surface area contributed by atoms with Crippen molar-refractivity contribution in [3.05, 3.63) is 47.3 Å². The Hall–Kier alpha value is -3.62. The Kier molecular flexibility index (Phi) is 6.83. The third-order valence-electron chi connectivity index (χ3n) is 5.37. The number of aliphatic imine (C=N–C) groups is 1. The van der Waals surface area contributed by atoms with E-state index in [0.717, 1.165) is 24.3 Å². The lowest BCUT2D eigenvalue weighted by Crippen LogP contribution is -2.60. The second-order valence-electron chi connectivity index (χ2n) is 8.23. The molecule has 8 nitrogen and oxygen atoms in total. The minimum absolute atomic E-state index is 0.00681. The molecule has 5 N–H and O–H groups in total. The van der Waals surface area contributed by atoms with Crippen molar-refractivity contribution < 1.29 is 45.0 Å². The summed E-state index contributed by atoms with van der Waals surface area (Å²) >= 11 is 0. The van der Waals surface area contributed by atoms with Gasteiger partial charge in [0.25, 0.3) is 5.91 Å². The molecule has 1 amide bonds. The Labute approximate surface area is 199 Å². The lowest BCUT2D eigenvalue weighted by Gasteiger charge is -2.41. The van der Waals surface area contributed by atoms with Crippen molar-refractivity contribution in [1.29, 1.82) is 0 Å². The zero-order chi connectivity index (χ0) is 27.1. The Bertz CT molecular complexity index is 1200. The molecular weight excluding hydrogens is 503 g/mol. The van der Waals surface area contributed by atoms with E-state index in [-0.39, 0.29) is 16.8 Å². The first kappa shape index (κ1) is 27.0. The van der Waals surface area contributed by atoms with Crippen molar-refractivity contribution in [1.82, 2.24) is 4.98 Å². The highest BCUT2D eigenvalue weighted by atomic mass is 19.4. The van der Waals surface area contributed by atoms with Gasteiger partial charge in [-0.05, 0) is 38.1 Å². The van der Waals surface area contributed by atoms with Gasteiger partial charge in [0.1, 0.15) is 23.0 Å². The van der Waals surface area contributed by atoms with E-state index in [1.807, 2.05) is 0 Å². The molecule has 1 aliphatic heterocycles. The Morgan fingerprint density at radius 1 is 1.14 bits per heavy atom. The monoisotopic (exact) mass is 523 g/mol. The molecule has 36 heavy (non-hydrogen) atoms. The number of rotatable bonds is 5. The normalized spacial score (nSPS) is 22.6. The van der Waals surface area contributed by atoms with E-state index in [0.29, 0.717) is 6.92 Å². The molecule has 0 saturated carbocycles. The average molecular weight is 523 g/mol. The fourth-order valence-corrected chi connectivity index (χ4v) is 3.23. The molecule has 1 aliphatic rings. The molecule has 15 heteroatoms. The van der Waals surface area contributed by atoms with Crippen LogP contribution in [0.5, 0.6) is 5.88 Å². The van der Waals surface area contributed by atoms with Gasteiger partial charge in [0.15, 0.2) is 6.61 Å². The van der Waals surface area contributed by atoms with Crippen molar-refractivity contribution >= 4 is 23.2 Å². The molecule has 0 fully saturated rings. The van der Waals surface area contributed by atoms with Gasteiger partial charge < -0.3 is 26.3 Å². The van der Waals surface area contributed by atoms with Gasteiger partial charge in [-0.15, -0.1) is 0 Å². The predicted octanol–water partition coefficient (Wildman–Crippen LogP) is 3.92. The first-order valence-electron chi connectivity index (χ1n) is 10.1. The summed E-state index contributed by atoms with van der Waals surface area (Å²) < 4.78 is 101. The van der Waals surface area contributed by atoms with Gasteiger partial charge in [0.05, 0.1) is 12.2 Å². The second-order valence-corrected chi connectivity index (χ2v) is 8.23. The summed E-state index contributed by atoms with van der Waals surface area (Å²) in [6.45, 7) is -0.271. The SMILES string of the molecule is CC1(c2cc(NC(=O)c3ccc(OCC(F)(F)F)nc3N)ccc2F)COC(C)(C(F)(F)F)C(N)=N1. The number of pyridine rings is 1. The number of nitrogens with two attached hydrogens (primary N) is 2. The quantitative estimate of drug-likeness (QED) is 0.511. The number of hydrogen-bond acceptors (Lipinski definition) is 7. The first-order valence-corrected chi connectivity index (χ1v) is 10.1. The number of nitrogen functional groups attached to an aromatic ring is 1. The van der Waals surface area contributed by atoms with E-state index >= 15 is 0 Å². The Balaban J connectivity index is 1.84. The highest BCUT2D eigenvalue weighted by Gasteiger charge is 2.59. The molecule has 3 rings (SSSR count). The zero-order valence-corrected chi connectivity index (χ0v) is 18.7. The van der Waals surface area contributed by atoms with Crippen LogP contribution in [0.25, 0.3) is 0 Å². The number of benzene rings is 1. The third kappa shape index (κ3) is 5.45. The van der Waals surface area contributed by atoms with Crippen LogP contribution in [0, 0.1) is 5.82 Å². The van der Waals surface area contributed by atoms with Crippen LogP contribution in [0.1, 0.15) is 29.8 Å². The van der Waals surface area contributed by atoms with E-state index in [1.54, 1.807) is 0 Å². The maximum Gasteiger partial charge on any atom is 0.424 e. The van der Waals surface area contributed by atoms with Gasteiger partial charge in [-0.25, -0.2) is 4.39 Å². The van der Waals surface area contributed by atoms with Gasteiger partial charge in [-0.3, -0.25) is 9.79 Å². The second kappa shape index (κ2) is 9.11. The molecule has 196 valence electrons. The molecule has 2 heterocycles. The molecular formula is C21H20F7N5O3. The highest BCUT2D eigenvalue weighted by molar-refractivity contribution is 6.07. The van der Waals surface area contributed by atoms with Crippen LogP contribution in [0.4, 0.5) is 42.2 Å². The van der Waals surface area contributed by atoms with E-state index in [4.69, 9.17) is 16.2 Å². The number of hydrogen-bond donors (Lipinski definition) is 3. The highest BCUT2D eigenvalue weighted by Crippen LogP contribution is 2.41. The molecule has 0 bridgehead atoms. The van der Waals surface area contributed by atoms with Crippen LogP contribution in [-0.4, -0.2) is 47.9 Å². The summed E-state index contributed by atoms with van der Waals surface area (Å²) in [5.74, 6) is -3.50. The summed E-state index contributed by atoms with van der Waals surface area (Å²) in [4.78, 5) is 20.1. The number of anilines is 2. The molecule has 2 atom stereocenters. The molecule has 2 unspecified atom stereocenters. The standard InChI is InChI=1S/C21H20F7N5O3/c1-18(8-36-19(2,17(30)33-18)21(26,27)28)12-7-10(3-5-13(12)22)31-16(34)11-4-6-14(32-15(11)29)35-9-20(23,24)25/h3-7H,8-9H2,1-2H3,(H2,29,32)(H2,30,33)(H,31,34). The molecule has 0 saturated heterocycles. The van der Waals surface area contributed by atoms with Crippen molar-refractivity contribution in [3.8, 4) is 5.88 Å². The minimum Gasteiger partial charge on any atom is -0.468 e. The minimum atomic E-state index is -4.86. The maximum atomic E-state index is 14.7. The number of aromatic nitrogens is 1. The number of amidine groups is 1. The van der Waals surface area contributed by atoms with Crippen molar-refractivity contribution in [2.45, 2.75) is 37.3 Å². The summed E-state index contributed by atoms with van der Waals surface area (Å²) in [6.07, 6.45) is -9.47. The van der Waals surface area contributed by atoms with Crippen LogP contribution >= 0.6 is 0 Å². The van der Waals surface area contributed by atoms with Gasteiger partial charge in [-0.1, -0.05) is 0 Å². The molecule has 1 aromatic heterocycles. The lowest BCUT2D eigenvalue weighted by atomic mass is 9.89. The number of ether oxygens (including phenoxy) is 2. The lowest BCUT2D eigenvalue weighted by molar-refractivity contribution is -0.249. The predicted molar refractivity (Wildman–Crippen MR) is 114 cm³/mol. The first-order chi connectivity index (χ1) is 16.4. The number of carbonyl (C=O) groups is 1. The maximum absolute atomic E-state index is 14.7. The van der Waals surface area contributed by atoms with E-state index in [2.05, 4.69) is 20.0 Å². The van der Waals surface area contributed by atoms with Gasteiger partial charge in [0.2, 0.25) is 11.5 Å². The van der Waals surface area contributed by atoms with Crippen molar-refractivity contribution in [3.63, 3.8) is 0 Å². The largest absolute Gasteiger partial charge is 0.468 e. The van der Waals surface area contributed by atoms with Gasteiger partial charge in [0, 0.05) is 17.3 Å². The third-order valence-corrected chi connectivity index (χ3v) is 5.37. The van der Waals surface area contributed by atoms with Crippen molar-refractivity contribution in [2.24, 2.45) is 10.7 Å². The van der Waals surface area contributed by atoms with Crippen LogP contribution < -0.4 is 21.5 Å². The zero-order valence-electron chi connectivity index (χ0n) is 18.7.